The number of carbonyl (C=O) groups excluding carboxylic acids is 1. The number of nitrogens with one attached hydrogen (secondary N) is 1. The van der Waals surface area contributed by atoms with Crippen molar-refractivity contribution in [3.63, 3.8) is 0 Å². The number of carbonyl (C=O) groups is 1. The Hall–Kier alpha value is -3.60. The number of fused-ring (bicyclic) bond motifs is 1. The molecule has 1 N–H and O–H groups in total. The van der Waals surface area contributed by atoms with Crippen LogP contribution in [0.15, 0.2) is 72.8 Å². The molecule has 0 bridgehead atoms. The average Bonchev–Trinajstić information content (AvgIpc) is 3.24. The van der Waals surface area contributed by atoms with E-state index in [1.165, 1.54) is 11.1 Å². The van der Waals surface area contributed by atoms with Gasteiger partial charge < -0.3 is 14.6 Å². The minimum absolute atomic E-state index is 0.0135. The molecule has 1 heterocycles. The first-order valence-electron chi connectivity index (χ1n) is 13.0. The van der Waals surface area contributed by atoms with E-state index in [4.69, 9.17) is 9.72 Å². The molecule has 0 radical (unpaired) electrons. The Balaban J connectivity index is 1.28. The monoisotopic (exact) mass is 483 g/mol. The standard InChI is InChI=1S/C31H37N3O2/c1-23(2)25-16-18-26(19-17-25)36-22-9-8-21-34-29-14-7-6-13-28(29)33-30(34)15-10-20-32-31(35)27-12-5-4-11-24(27)3/h4-7,11-14,16-19,23H,8-10,15,20-22H2,1-3H3,(H,32,35). The van der Waals surface area contributed by atoms with Gasteiger partial charge in [-0.05, 0) is 73.6 Å². The summed E-state index contributed by atoms with van der Waals surface area (Å²) in [5.41, 5.74) is 5.26. The number of hydrogen-bond acceptors (Lipinski definition) is 3. The van der Waals surface area contributed by atoms with Gasteiger partial charge in [0, 0.05) is 25.1 Å². The third-order valence-electron chi connectivity index (χ3n) is 6.58. The number of para-hydroxylation sites is 2. The Morgan fingerprint density at radius 3 is 2.47 bits per heavy atom. The summed E-state index contributed by atoms with van der Waals surface area (Å²) in [6, 6.07) is 24.4. The Kier molecular flexibility index (Phi) is 8.77. The molecule has 0 aliphatic carbocycles. The fourth-order valence-corrected chi connectivity index (χ4v) is 4.45. The van der Waals surface area contributed by atoms with Gasteiger partial charge in [0.2, 0.25) is 0 Å². The Morgan fingerprint density at radius 1 is 0.944 bits per heavy atom. The maximum absolute atomic E-state index is 12.5. The molecular weight excluding hydrogens is 446 g/mol. The third kappa shape index (κ3) is 6.54. The normalized spacial score (nSPS) is 11.2. The van der Waals surface area contributed by atoms with Crippen LogP contribution in [0.4, 0.5) is 0 Å². The minimum atomic E-state index is -0.0135. The maximum Gasteiger partial charge on any atom is 0.251 e. The number of hydrogen-bond donors (Lipinski definition) is 1. The summed E-state index contributed by atoms with van der Waals surface area (Å²) < 4.78 is 8.29. The summed E-state index contributed by atoms with van der Waals surface area (Å²) in [4.78, 5) is 17.4. The van der Waals surface area contributed by atoms with E-state index in [1.54, 1.807) is 0 Å². The van der Waals surface area contributed by atoms with E-state index < -0.39 is 0 Å². The Morgan fingerprint density at radius 2 is 1.69 bits per heavy atom. The molecule has 0 saturated carbocycles. The van der Waals surface area contributed by atoms with E-state index in [0.29, 0.717) is 19.1 Å². The lowest BCUT2D eigenvalue weighted by Crippen LogP contribution is -2.25. The van der Waals surface area contributed by atoms with Crippen LogP contribution in [-0.2, 0) is 13.0 Å². The predicted molar refractivity (Wildman–Crippen MR) is 147 cm³/mol. The summed E-state index contributed by atoms with van der Waals surface area (Å²) >= 11 is 0. The molecule has 0 fully saturated rings. The molecule has 5 nitrogen and oxygen atoms in total. The molecular formula is C31H37N3O2. The summed E-state index contributed by atoms with van der Waals surface area (Å²) in [6.45, 7) is 8.59. The van der Waals surface area contributed by atoms with Gasteiger partial charge in [-0.1, -0.05) is 56.3 Å². The molecule has 0 atom stereocenters. The zero-order valence-electron chi connectivity index (χ0n) is 21.7. The van der Waals surface area contributed by atoms with Gasteiger partial charge in [-0.3, -0.25) is 4.79 Å². The lowest BCUT2D eigenvalue weighted by molar-refractivity contribution is 0.0952. The van der Waals surface area contributed by atoms with Gasteiger partial charge in [-0.25, -0.2) is 4.98 Å². The van der Waals surface area contributed by atoms with Crippen LogP contribution in [0, 0.1) is 6.92 Å². The highest BCUT2D eigenvalue weighted by Crippen LogP contribution is 2.20. The van der Waals surface area contributed by atoms with Gasteiger partial charge in [-0.2, -0.15) is 0 Å². The fourth-order valence-electron chi connectivity index (χ4n) is 4.45. The molecule has 4 aromatic rings. The molecule has 1 amide bonds. The highest BCUT2D eigenvalue weighted by atomic mass is 16.5. The van der Waals surface area contributed by atoms with Crippen molar-refractivity contribution in [3.05, 3.63) is 95.3 Å². The van der Waals surface area contributed by atoms with Crippen LogP contribution in [0.3, 0.4) is 0 Å². The first-order valence-corrected chi connectivity index (χ1v) is 13.0. The van der Waals surface area contributed by atoms with Crippen molar-refractivity contribution in [3.8, 4) is 5.75 Å². The zero-order valence-corrected chi connectivity index (χ0v) is 21.7. The van der Waals surface area contributed by atoms with E-state index in [9.17, 15) is 4.79 Å². The van der Waals surface area contributed by atoms with E-state index >= 15 is 0 Å². The van der Waals surface area contributed by atoms with Crippen molar-refractivity contribution >= 4 is 16.9 Å². The van der Waals surface area contributed by atoms with Crippen LogP contribution in [-0.4, -0.2) is 28.6 Å². The molecule has 188 valence electrons. The molecule has 0 saturated heterocycles. The van der Waals surface area contributed by atoms with Crippen molar-refractivity contribution in [2.24, 2.45) is 0 Å². The van der Waals surface area contributed by atoms with E-state index in [2.05, 4.69) is 66.2 Å². The molecule has 0 unspecified atom stereocenters. The zero-order chi connectivity index (χ0) is 25.3. The lowest BCUT2D eigenvalue weighted by atomic mass is 10.0. The number of nitrogens with zero attached hydrogens (tertiary/aromatic N) is 2. The second-order valence-corrected chi connectivity index (χ2v) is 9.62. The van der Waals surface area contributed by atoms with Crippen LogP contribution in [0.1, 0.15) is 66.3 Å². The second kappa shape index (κ2) is 12.4. The number of aromatic nitrogens is 2. The first kappa shape index (κ1) is 25.5. The SMILES string of the molecule is Cc1ccccc1C(=O)NCCCc1nc2ccccc2n1CCCCOc1ccc(C(C)C)cc1. The Labute approximate surface area is 214 Å². The van der Waals surface area contributed by atoms with Gasteiger partial charge in [0.05, 0.1) is 17.6 Å². The third-order valence-corrected chi connectivity index (χ3v) is 6.58. The van der Waals surface area contributed by atoms with Gasteiger partial charge >= 0.3 is 0 Å². The lowest BCUT2D eigenvalue weighted by Gasteiger charge is -2.11. The fraction of sp³-hybridized carbons (Fsp3) is 0.355. The van der Waals surface area contributed by atoms with Gasteiger partial charge in [0.15, 0.2) is 0 Å². The number of aryl methyl sites for hydroxylation is 3. The highest BCUT2D eigenvalue weighted by Gasteiger charge is 2.11. The van der Waals surface area contributed by atoms with Crippen molar-refractivity contribution in [1.82, 2.24) is 14.9 Å². The number of ether oxygens (including phenoxy) is 1. The van der Waals surface area contributed by atoms with Crippen LogP contribution in [0.25, 0.3) is 11.0 Å². The summed E-state index contributed by atoms with van der Waals surface area (Å²) in [5.74, 6) is 2.52. The molecule has 5 heteroatoms. The molecule has 4 rings (SSSR count). The molecule has 1 aromatic heterocycles. The Bertz CT molecular complexity index is 1270. The number of imidazole rings is 1. The number of amides is 1. The van der Waals surface area contributed by atoms with Crippen LogP contribution in [0.2, 0.25) is 0 Å². The highest BCUT2D eigenvalue weighted by molar-refractivity contribution is 5.95. The second-order valence-electron chi connectivity index (χ2n) is 9.62. The molecule has 3 aromatic carbocycles. The van der Waals surface area contributed by atoms with Gasteiger partial charge in [-0.15, -0.1) is 0 Å². The van der Waals surface area contributed by atoms with Gasteiger partial charge in [0.1, 0.15) is 11.6 Å². The van der Waals surface area contributed by atoms with Crippen LogP contribution in [0.5, 0.6) is 5.75 Å². The van der Waals surface area contributed by atoms with Crippen molar-refractivity contribution in [2.75, 3.05) is 13.2 Å². The van der Waals surface area contributed by atoms with Crippen LogP contribution < -0.4 is 10.1 Å². The van der Waals surface area contributed by atoms with E-state index in [-0.39, 0.29) is 5.91 Å². The molecule has 0 aliphatic rings. The molecule has 0 spiro atoms. The number of rotatable bonds is 12. The van der Waals surface area contributed by atoms with Crippen molar-refractivity contribution < 1.29 is 9.53 Å². The maximum atomic E-state index is 12.5. The first-order chi connectivity index (χ1) is 17.5. The van der Waals surface area contributed by atoms with Crippen LogP contribution >= 0.6 is 0 Å². The predicted octanol–water partition coefficient (Wildman–Crippen LogP) is 6.69. The topological polar surface area (TPSA) is 56.2 Å². The number of unbranched alkanes of at least 4 members (excludes halogenated alkanes) is 1. The summed E-state index contributed by atoms with van der Waals surface area (Å²) in [6.07, 6.45) is 3.66. The largest absolute Gasteiger partial charge is 0.494 e. The van der Waals surface area contributed by atoms with E-state index in [0.717, 1.165) is 60.4 Å². The van der Waals surface area contributed by atoms with Gasteiger partial charge in [0.25, 0.3) is 5.91 Å². The smallest absolute Gasteiger partial charge is 0.251 e. The van der Waals surface area contributed by atoms with E-state index in [1.807, 2.05) is 37.3 Å². The molecule has 36 heavy (non-hydrogen) atoms. The quantitative estimate of drug-likeness (QED) is 0.228. The minimum Gasteiger partial charge on any atom is -0.494 e. The average molecular weight is 484 g/mol. The van der Waals surface area contributed by atoms with Crippen molar-refractivity contribution in [1.29, 1.82) is 0 Å². The number of benzene rings is 3. The summed E-state index contributed by atoms with van der Waals surface area (Å²) in [7, 11) is 0. The molecule has 0 aliphatic heterocycles. The van der Waals surface area contributed by atoms with Crippen molar-refractivity contribution in [2.45, 2.75) is 58.9 Å². The summed E-state index contributed by atoms with van der Waals surface area (Å²) in [5, 5.41) is 3.06.